The molecule has 36 heavy (non-hydrogen) atoms. The number of carbonyl (C=O) groups is 1. The maximum Gasteiger partial charge on any atom is 0.276 e. The van der Waals surface area contributed by atoms with Crippen LogP contribution in [0.5, 0.6) is 0 Å². The molecule has 2 saturated carbocycles. The van der Waals surface area contributed by atoms with E-state index < -0.39 is 5.66 Å². The highest BCUT2D eigenvalue weighted by molar-refractivity contribution is 5.97. The predicted octanol–water partition coefficient (Wildman–Crippen LogP) is 3.07. The number of rotatable bonds is 5. The van der Waals surface area contributed by atoms with E-state index in [4.69, 9.17) is 5.73 Å². The van der Waals surface area contributed by atoms with Crippen molar-refractivity contribution in [3.63, 3.8) is 0 Å². The topological polar surface area (TPSA) is 153 Å². The summed E-state index contributed by atoms with van der Waals surface area (Å²) in [6.07, 6.45) is 8.57. The van der Waals surface area contributed by atoms with Crippen LogP contribution < -0.4 is 16.6 Å². The van der Waals surface area contributed by atoms with Gasteiger partial charge in [-0.1, -0.05) is 0 Å². The average Bonchev–Trinajstić information content (AvgIpc) is 3.46. The summed E-state index contributed by atoms with van der Waals surface area (Å²) in [5.41, 5.74) is 7.14. The smallest absolute Gasteiger partial charge is 0.276 e. The molecule has 0 aromatic carbocycles. The largest absolute Gasteiger partial charge is 0.384 e. The first-order chi connectivity index (χ1) is 17.3. The lowest BCUT2D eigenvalue weighted by molar-refractivity contribution is -0.00609. The third kappa shape index (κ3) is 3.23. The van der Waals surface area contributed by atoms with Crippen molar-refractivity contribution in [1.82, 2.24) is 29.0 Å². The van der Waals surface area contributed by atoms with E-state index in [9.17, 15) is 14.5 Å². The maximum atomic E-state index is 14.0. The van der Waals surface area contributed by atoms with E-state index in [1.807, 2.05) is 6.92 Å². The summed E-state index contributed by atoms with van der Waals surface area (Å²) in [5.74, 6) is 0.536. The van der Waals surface area contributed by atoms with Gasteiger partial charge in [0.2, 0.25) is 0 Å². The number of pyridine rings is 1. The molecule has 0 bridgehead atoms. The molecule has 12 heteroatoms. The molecule has 0 saturated heterocycles. The van der Waals surface area contributed by atoms with Gasteiger partial charge in [0.25, 0.3) is 17.4 Å². The number of nitrogens with zero attached hydrogens (tertiary/aromatic N) is 7. The first-order valence-corrected chi connectivity index (χ1v) is 12.0. The number of aryl methyl sites for hydroxylation is 1. The van der Waals surface area contributed by atoms with Gasteiger partial charge >= 0.3 is 0 Å². The fourth-order valence-electron chi connectivity index (χ4n) is 5.91. The van der Waals surface area contributed by atoms with Gasteiger partial charge in [0.1, 0.15) is 35.0 Å². The van der Waals surface area contributed by atoms with Crippen molar-refractivity contribution in [2.24, 2.45) is 17.6 Å². The summed E-state index contributed by atoms with van der Waals surface area (Å²) < 4.78 is 3.28. The van der Waals surface area contributed by atoms with E-state index in [2.05, 4.69) is 25.4 Å². The standard InChI is InChI=1S/C24H27N9O3/c1-14-9-16(29-18-10-17(25)27-13-28-18)20(34)33-19(14)21(35)32(12-15-11-26-22(30-36)31(15)2)24(33)7-5-23(3-4-23)6-8-24/h9-11,13H,3-8,12H2,1-2H3,(H3,25,27,28,29). The lowest BCUT2D eigenvalue weighted by Crippen LogP contribution is -2.52. The minimum Gasteiger partial charge on any atom is -0.384 e. The third-order valence-corrected chi connectivity index (χ3v) is 8.24. The highest BCUT2D eigenvalue weighted by Crippen LogP contribution is 2.60. The molecule has 186 valence electrons. The molecule has 3 N–H and O–H groups in total. The van der Waals surface area contributed by atoms with Gasteiger partial charge in [-0.25, -0.2) is 15.0 Å². The Balaban J connectivity index is 1.47. The Kier molecular flexibility index (Phi) is 4.79. The number of hydrogen-bond donors (Lipinski definition) is 2. The zero-order valence-corrected chi connectivity index (χ0v) is 20.2. The molecule has 3 aliphatic rings. The van der Waals surface area contributed by atoms with Crippen molar-refractivity contribution < 1.29 is 4.79 Å². The summed E-state index contributed by atoms with van der Waals surface area (Å²) in [6, 6.07) is 3.24. The summed E-state index contributed by atoms with van der Waals surface area (Å²) in [4.78, 5) is 52.9. The van der Waals surface area contributed by atoms with E-state index in [-0.39, 0.29) is 29.8 Å². The van der Waals surface area contributed by atoms with Gasteiger partial charge < -0.3 is 20.5 Å². The van der Waals surface area contributed by atoms with Crippen LogP contribution in [0.15, 0.2) is 34.6 Å². The Hall–Kier alpha value is -4.09. The molecular formula is C24H27N9O3. The van der Waals surface area contributed by atoms with Crippen LogP contribution in [0, 0.1) is 17.2 Å². The van der Waals surface area contributed by atoms with Crippen LogP contribution in [0.25, 0.3) is 0 Å². The Morgan fingerprint density at radius 2 is 1.81 bits per heavy atom. The summed E-state index contributed by atoms with van der Waals surface area (Å²) in [7, 11) is 1.70. The molecule has 2 spiro atoms. The van der Waals surface area contributed by atoms with Crippen molar-refractivity contribution >= 4 is 29.2 Å². The highest BCUT2D eigenvalue weighted by Gasteiger charge is 2.57. The fraction of sp³-hybridized carbons (Fsp3) is 0.458. The van der Waals surface area contributed by atoms with Gasteiger partial charge in [0, 0.05) is 18.3 Å². The SMILES string of the molecule is Cc1cc(Nc2cc(N)ncn2)c(=O)n2c1C(=O)N(Cc1cnc(N=O)n1C)C21CCC2(CC2)CC1. The number of nitroso groups, excluding NO2 is 1. The third-order valence-electron chi connectivity index (χ3n) is 8.24. The molecular weight excluding hydrogens is 462 g/mol. The number of aromatic nitrogens is 5. The van der Waals surface area contributed by atoms with E-state index in [1.54, 1.807) is 39.4 Å². The quantitative estimate of drug-likeness (QED) is 0.518. The maximum absolute atomic E-state index is 14.0. The molecule has 6 rings (SSSR count). The fourth-order valence-corrected chi connectivity index (χ4v) is 5.91. The predicted molar refractivity (Wildman–Crippen MR) is 132 cm³/mol. The minimum absolute atomic E-state index is 0.0488. The number of fused-ring (bicyclic) bond motifs is 2. The van der Waals surface area contributed by atoms with E-state index >= 15 is 0 Å². The Bertz CT molecular complexity index is 1460. The van der Waals surface area contributed by atoms with Gasteiger partial charge in [0.15, 0.2) is 0 Å². The number of nitrogens with two attached hydrogens (primary N) is 1. The van der Waals surface area contributed by atoms with Crippen LogP contribution in [0.4, 0.5) is 23.3 Å². The molecule has 0 radical (unpaired) electrons. The average molecular weight is 490 g/mol. The number of nitrogen functional groups attached to an aromatic ring is 1. The number of nitrogens with one attached hydrogen (secondary N) is 1. The molecule has 1 amide bonds. The number of amides is 1. The molecule has 4 heterocycles. The van der Waals surface area contributed by atoms with Crippen LogP contribution >= 0.6 is 0 Å². The number of hydrogen-bond acceptors (Lipinski definition) is 9. The highest BCUT2D eigenvalue weighted by atomic mass is 16.3. The number of anilines is 3. The zero-order valence-electron chi connectivity index (χ0n) is 20.2. The van der Waals surface area contributed by atoms with Crippen LogP contribution in [-0.4, -0.2) is 34.9 Å². The molecule has 2 fully saturated rings. The van der Waals surface area contributed by atoms with Gasteiger partial charge in [-0.05, 0) is 62.5 Å². The second kappa shape index (κ2) is 7.70. The molecule has 0 unspecified atom stereocenters. The van der Waals surface area contributed by atoms with E-state index in [0.717, 1.165) is 12.8 Å². The molecule has 2 aliphatic carbocycles. The first kappa shape index (κ1) is 22.4. The van der Waals surface area contributed by atoms with Crippen molar-refractivity contribution in [3.8, 4) is 0 Å². The Morgan fingerprint density at radius 1 is 1.08 bits per heavy atom. The first-order valence-electron chi connectivity index (χ1n) is 12.0. The van der Waals surface area contributed by atoms with Crippen molar-refractivity contribution in [2.75, 3.05) is 11.1 Å². The Morgan fingerprint density at radius 3 is 2.44 bits per heavy atom. The Labute approximate surface area is 206 Å². The van der Waals surface area contributed by atoms with E-state index in [0.29, 0.717) is 46.7 Å². The van der Waals surface area contributed by atoms with E-state index in [1.165, 1.54) is 19.2 Å². The summed E-state index contributed by atoms with van der Waals surface area (Å²) >= 11 is 0. The number of imidazole rings is 1. The van der Waals surface area contributed by atoms with Crippen molar-refractivity contribution in [1.29, 1.82) is 0 Å². The zero-order chi connectivity index (χ0) is 25.2. The second-order valence-electron chi connectivity index (χ2n) is 10.3. The monoisotopic (exact) mass is 489 g/mol. The van der Waals surface area contributed by atoms with Gasteiger partial charge in [0.05, 0.1) is 18.4 Å². The summed E-state index contributed by atoms with van der Waals surface area (Å²) in [6.45, 7) is 2.06. The van der Waals surface area contributed by atoms with Crippen LogP contribution in [-0.2, 0) is 19.3 Å². The van der Waals surface area contributed by atoms with Crippen LogP contribution in [0.2, 0.25) is 0 Å². The second-order valence-corrected chi connectivity index (χ2v) is 10.3. The van der Waals surface area contributed by atoms with Gasteiger partial charge in [-0.3, -0.25) is 14.2 Å². The molecule has 3 aromatic rings. The lowest BCUT2D eigenvalue weighted by Gasteiger charge is -2.44. The normalized spacial score (nSPS) is 19.1. The van der Waals surface area contributed by atoms with Crippen molar-refractivity contribution in [3.05, 3.63) is 56.9 Å². The van der Waals surface area contributed by atoms with Crippen LogP contribution in [0.3, 0.4) is 0 Å². The molecule has 3 aromatic heterocycles. The van der Waals surface area contributed by atoms with Gasteiger partial charge in [-0.15, -0.1) is 4.91 Å². The minimum atomic E-state index is -0.802. The van der Waals surface area contributed by atoms with Gasteiger partial charge in [-0.2, -0.15) is 0 Å². The number of carbonyl (C=O) groups excluding carboxylic acids is 1. The molecule has 1 aliphatic heterocycles. The molecule has 0 atom stereocenters. The van der Waals surface area contributed by atoms with Crippen LogP contribution in [0.1, 0.15) is 60.3 Å². The summed E-state index contributed by atoms with van der Waals surface area (Å²) in [5, 5.41) is 6.03. The molecule has 12 nitrogen and oxygen atoms in total. The lowest BCUT2D eigenvalue weighted by atomic mass is 9.78. The van der Waals surface area contributed by atoms with Crippen molar-refractivity contribution in [2.45, 2.75) is 57.7 Å².